The standard InChI is InChI=1S/C16H20N2OS/c1-17-12-7-5-8-13-16(12)20-15(18-13)10-11-6-3-4-9-14(11)19-2/h3-4,6,9,12,17H,5,7-8,10H2,1-2H3. The largest absolute Gasteiger partial charge is 0.496 e. The van der Waals surface area contributed by atoms with Gasteiger partial charge in [-0.25, -0.2) is 4.98 Å². The molecule has 0 radical (unpaired) electrons. The topological polar surface area (TPSA) is 34.2 Å². The molecule has 1 atom stereocenters. The molecule has 20 heavy (non-hydrogen) atoms. The summed E-state index contributed by atoms with van der Waals surface area (Å²) in [4.78, 5) is 6.28. The molecule has 2 aromatic rings. The van der Waals surface area contributed by atoms with Crippen LogP contribution < -0.4 is 10.1 Å². The zero-order valence-electron chi connectivity index (χ0n) is 12.0. The highest BCUT2D eigenvalue weighted by Crippen LogP contribution is 2.35. The number of methoxy groups -OCH3 is 1. The second-order valence-corrected chi connectivity index (χ2v) is 6.26. The van der Waals surface area contributed by atoms with Gasteiger partial charge in [-0.2, -0.15) is 0 Å². The minimum Gasteiger partial charge on any atom is -0.496 e. The van der Waals surface area contributed by atoms with Gasteiger partial charge in [-0.15, -0.1) is 11.3 Å². The molecule has 1 unspecified atom stereocenters. The van der Waals surface area contributed by atoms with Gasteiger partial charge in [0.1, 0.15) is 5.75 Å². The van der Waals surface area contributed by atoms with Crippen molar-refractivity contribution >= 4 is 11.3 Å². The molecule has 1 N–H and O–H groups in total. The fourth-order valence-electron chi connectivity index (χ4n) is 2.83. The van der Waals surface area contributed by atoms with Crippen LogP contribution in [0, 0.1) is 0 Å². The Morgan fingerprint density at radius 2 is 2.25 bits per heavy atom. The predicted octanol–water partition coefficient (Wildman–Crippen LogP) is 3.34. The van der Waals surface area contributed by atoms with Gasteiger partial charge in [-0.1, -0.05) is 18.2 Å². The molecule has 0 saturated heterocycles. The van der Waals surface area contributed by atoms with Gasteiger partial charge in [0.25, 0.3) is 0 Å². The number of benzene rings is 1. The van der Waals surface area contributed by atoms with Gasteiger partial charge in [0, 0.05) is 22.9 Å². The van der Waals surface area contributed by atoms with Gasteiger partial charge < -0.3 is 10.1 Å². The Bertz CT molecular complexity index is 594. The number of ether oxygens (including phenoxy) is 1. The molecule has 1 heterocycles. The average molecular weight is 288 g/mol. The minimum absolute atomic E-state index is 0.489. The number of aromatic nitrogens is 1. The van der Waals surface area contributed by atoms with Crippen LogP contribution in [-0.2, 0) is 12.8 Å². The van der Waals surface area contributed by atoms with E-state index in [-0.39, 0.29) is 0 Å². The molecule has 0 spiro atoms. The molecule has 1 aliphatic carbocycles. The van der Waals surface area contributed by atoms with Crippen molar-refractivity contribution in [3.63, 3.8) is 0 Å². The van der Waals surface area contributed by atoms with Crippen molar-refractivity contribution < 1.29 is 4.74 Å². The Morgan fingerprint density at radius 1 is 1.40 bits per heavy atom. The third-order valence-corrected chi connectivity index (χ3v) is 5.09. The summed E-state index contributed by atoms with van der Waals surface area (Å²) in [7, 11) is 3.77. The van der Waals surface area contributed by atoms with Crippen LogP contribution in [0.4, 0.5) is 0 Å². The average Bonchev–Trinajstić information content (AvgIpc) is 2.90. The zero-order valence-corrected chi connectivity index (χ0v) is 12.8. The molecule has 106 valence electrons. The normalized spacial score (nSPS) is 17.8. The fraction of sp³-hybridized carbons (Fsp3) is 0.438. The van der Waals surface area contributed by atoms with E-state index in [4.69, 9.17) is 9.72 Å². The summed E-state index contributed by atoms with van der Waals surface area (Å²) in [6.07, 6.45) is 4.43. The van der Waals surface area contributed by atoms with E-state index in [1.807, 2.05) is 30.5 Å². The smallest absolute Gasteiger partial charge is 0.122 e. The summed E-state index contributed by atoms with van der Waals surface area (Å²) >= 11 is 1.85. The molecule has 0 saturated carbocycles. The maximum Gasteiger partial charge on any atom is 0.122 e. The number of thiazole rings is 1. The first kappa shape index (κ1) is 13.6. The monoisotopic (exact) mass is 288 g/mol. The summed E-state index contributed by atoms with van der Waals surface area (Å²) in [6.45, 7) is 0. The number of hydrogen-bond acceptors (Lipinski definition) is 4. The molecular formula is C16H20N2OS. The van der Waals surface area contributed by atoms with E-state index >= 15 is 0 Å². The quantitative estimate of drug-likeness (QED) is 0.937. The van der Waals surface area contributed by atoms with Crippen LogP contribution in [0.15, 0.2) is 24.3 Å². The van der Waals surface area contributed by atoms with Gasteiger partial charge >= 0.3 is 0 Å². The number of para-hydroxylation sites is 1. The molecule has 4 heteroatoms. The highest BCUT2D eigenvalue weighted by atomic mass is 32.1. The summed E-state index contributed by atoms with van der Waals surface area (Å²) in [6, 6.07) is 8.69. The maximum atomic E-state index is 5.43. The first-order chi connectivity index (χ1) is 9.81. The van der Waals surface area contributed by atoms with Crippen molar-refractivity contribution in [1.29, 1.82) is 0 Å². The van der Waals surface area contributed by atoms with E-state index in [9.17, 15) is 0 Å². The molecule has 1 aliphatic rings. The Balaban J connectivity index is 1.87. The van der Waals surface area contributed by atoms with Crippen LogP contribution in [0.5, 0.6) is 5.75 Å². The lowest BCUT2D eigenvalue weighted by molar-refractivity contribution is 0.410. The Labute approximate surface area is 124 Å². The third-order valence-electron chi connectivity index (χ3n) is 3.88. The number of aryl methyl sites for hydroxylation is 1. The van der Waals surface area contributed by atoms with Crippen molar-refractivity contribution in [3.8, 4) is 5.75 Å². The van der Waals surface area contributed by atoms with E-state index in [0.29, 0.717) is 6.04 Å². The number of hydrogen-bond donors (Lipinski definition) is 1. The van der Waals surface area contributed by atoms with Gasteiger partial charge in [0.2, 0.25) is 0 Å². The molecule has 0 fully saturated rings. The maximum absolute atomic E-state index is 5.43. The van der Waals surface area contributed by atoms with E-state index in [2.05, 4.69) is 17.4 Å². The molecule has 3 nitrogen and oxygen atoms in total. The first-order valence-electron chi connectivity index (χ1n) is 7.09. The van der Waals surface area contributed by atoms with E-state index in [1.165, 1.54) is 34.0 Å². The fourth-order valence-corrected chi connectivity index (χ4v) is 4.11. The summed E-state index contributed by atoms with van der Waals surface area (Å²) < 4.78 is 5.43. The van der Waals surface area contributed by atoms with Crippen molar-refractivity contribution in [2.45, 2.75) is 31.7 Å². The highest BCUT2D eigenvalue weighted by molar-refractivity contribution is 7.11. The SMILES string of the molecule is CNC1CCCc2nc(Cc3ccccc3OC)sc21. The van der Waals surface area contributed by atoms with Gasteiger partial charge in [-0.05, 0) is 32.4 Å². The summed E-state index contributed by atoms with van der Waals surface area (Å²) in [5.41, 5.74) is 2.51. The third kappa shape index (κ3) is 2.58. The molecule has 3 rings (SSSR count). The zero-order chi connectivity index (χ0) is 13.9. The van der Waals surface area contributed by atoms with Crippen LogP contribution in [0.1, 0.15) is 40.0 Å². The van der Waals surface area contributed by atoms with Crippen molar-refractivity contribution in [1.82, 2.24) is 10.3 Å². The Hall–Kier alpha value is -1.39. The van der Waals surface area contributed by atoms with E-state index in [0.717, 1.165) is 18.6 Å². The number of fused-ring (bicyclic) bond motifs is 1. The van der Waals surface area contributed by atoms with Crippen LogP contribution in [0.3, 0.4) is 0 Å². The Morgan fingerprint density at radius 3 is 3.05 bits per heavy atom. The second kappa shape index (κ2) is 5.94. The van der Waals surface area contributed by atoms with Crippen molar-refractivity contribution in [3.05, 3.63) is 45.4 Å². The van der Waals surface area contributed by atoms with Crippen LogP contribution in [0.25, 0.3) is 0 Å². The van der Waals surface area contributed by atoms with E-state index < -0.39 is 0 Å². The van der Waals surface area contributed by atoms with Crippen LogP contribution >= 0.6 is 11.3 Å². The van der Waals surface area contributed by atoms with Crippen LogP contribution in [0.2, 0.25) is 0 Å². The van der Waals surface area contributed by atoms with Crippen molar-refractivity contribution in [2.24, 2.45) is 0 Å². The summed E-state index contributed by atoms with van der Waals surface area (Å²) in [5, 5.41) is 4.60. The molecule has 1 aromatic carbocycles. The Kier molecular flexibility index (Phi) is 4.03. The van der Waals surface area contributed by atoms with E-state index in [1.54, 1.807) is 7.11 Å². The lowest BCUT2D eigenvalue weighted by Crippen LogP contribution is -2.19. The lowest BCUT2D eigenvalue weighted by Gasteiger charge is -2.20. The molecule has 0 amide bonds. The first-order valence-corrected chi connectivity index (χ1v) is 7.91. The predicted molar refractivity (Wildman–Crippen MR) is 82.7 cm³/mol. The van der Waals surface area contributed by atoms with Gasteiger partial charge in [0.05, 0.1) is 17.8 Å². The lowest BCUT2D eigenvalue weighted by atomic mass is 9.98. The summed E-state index contributed by atoms with van der Waals surface area (Å²) in [5.74, 6) is 0.950. The van der Waals surface area contributed by atoms with Gasteiger partial charge in [-0.3, -0.25) is 0 Å². The second-order valence-electron chi connectivity index (χ2n) is 5.14. The molecule has 0 aliphatic heterocycles. The molecule has 0 bridgehead atoms. The van der Waals surface area contributed by atoms with Crippen molar-refractivity contribution in [2.75, 3.05) is 14.2 Å². The number of nitrogens with zero attached hydrogens (tertiary/aromatic N) is 1. The van der Waals surface area contributed by atoms with Gasteiger partial charge in [0.15, 0.2) is 0 Å². The molecular weight excluding hydrogens is 268 g/mol. The molecule has 1 aromatic heterocycles. The van der Waals surface area contributed by atoms with Crippen LogP contribution in [-0.4, -0.2) is 19.1 Å². The number of nitrogens with one attached hydrogen (secondary N) is 1. The highest BCUT2D eigenvalue weighted by Gasteiger charge is 2.23. The minimum atomic E-state index is 0.489. The number of rotatable bonds is 4.